The molecule has 70 heavy (non-hydrogen) atoms. The third-order valence-corrected chi connectivity index (χ3v) is 14.7. The molecule has 15 aromatic rings. The van der Waals surface area contributed by atoms with Crippen molar-refractivity contribution in [2.24, 2.45) is 9.98 Å². The molecule has 5 heterocycles. The van der Waals surface area contributed by atoms with E-state index in [4.69, 9.17) is 18.8 Å². The van der Waals surface area contributed by atoms with Gasteiger partial charge in [-0.2, -0.15) is 4.99 Å². The number of para-hydroxylation sites is 3. The lowest BCUT2D eigenvalue weighted by molar-refractivity contribution is 0.648. The molecule has 0 spiro atoms. The molecular weight excluding hydrogens is 859 g/mol. The monoisotopic (exact) mass is 895 g/mol. The fourth-order valence-corrected chi connectivity index (χ4v) is 11.6. The van der Waals surface area contributed by atoms with Crippen molar-refractivity contribution in [3.63, 3.8) is 0 Å². The van der Waals surface area contributed by atoms with Gasteiger partial charge >= 0.3 is 0 Å². The summed E-state index contributed by atoms with van der Waals surface area (Å²) in [5.74, 6) is 1.26. The highest BCUT2D eigenvalue weighted by Crippen LogP contribution is 2.44. The Morgan fingerprint density at radius 3 is 1.83 bits per heavy atom. The zero-order chi connectivity index (χ0) is 45.6. The number of hydrogen-bond acceptors (Lipinski definition) is 5. The SMILES string of the molecule is c1ccc2cc3c(cc2c1)c1c2ccccc2ccc1n3-c1cc2c(cc1C1N=C(c3cccc4oc5ccccc5c34)N=C(n3c4ccccc4c4ccccc43)N1)oc1c3ccccc3ccc21. The molecule has 4 aromatic heterocycles. The van der Waals surface area contributed by atoms with Gasteiger partial charge in [0.05, 0.1) is 27.8 Å². The van der Waals surface area contributed by atoms with E-state index >= 15 is 0 Å². The summed E-state index contributed by atoms with van der Waals surface area (Å²) in [6.07, 6.45) is -0.645. The van der Waals surface area contributed by atoms with Crippen LogP contribution in [-0.2, 0) is 0 Å². The summed E-state index contributed by atoms with van der Waals surface area (Å²) in [5.41, 5.74) is 10.4. The zero-order valence-corrected chi connectivity index (χ0v) is 37.4. The van der Waals surface area contributed by atoms with E-state index in [9.17, 15) is 0 Å². The van der Waals surface area contributed by atoms with Gasteiger partial charge in [0, 0.05) is 59.6 Å². The van der Waals surface area contributed by atoms with Crippen LogP contribution in [0.2, 0.25) is 0 Å². The fraction of sp³-hybridized carbons (Fsp3) is 0.0159. The van der Waals surface area contributed by atoms with Gasteiger partial charge < -0.3 is 18.7 Å². The minimum Gasteiger partial charge on any atom is -0.456 e. The molecule has 326 valence electrons. The van der Waals surface area contributed by atoms with Crippen molar-refractivity contribution in [2.75, 3.05) is 0 Å². The van der Waals surface area contributed by atoms with Crippen LogP contribution in [0.25, 0.3) is 125 Å². The standard InChI is InChI=1S/C63H37N5O2/c1-2-17-39-33-53-48(32-38(39)16-1)58-40-18-5-3-14-36(40)29-31-52(58)67(53)54-34-47-44-30-28-37-15-4-6-19-41(37)60(44)70-57(47)35-49(54)62-64-61(46-23-13-27-56-59(46)45-22-9-12-26-55(45)69-56)65-63(66-62)68-50-24-10-7-20-42(50)43-21-8-11-25-51(43)68/h1-35,62H,(H,64,65,66). The molecule has 1 aliphatic rings. The van der Waals surface area contributed by atoms with E-state index in [1.54, 1.807) is 0 Å². The van der Waals surface area contributed by atoms with E-state index in [2.05, 4.69) is 203 Å². The first-order chi connectivity index (χ1) is 34.7. The number of amidine groups is 1. The van der Waals surface area contributed by atoms with Crippen molar-refractivity contribution >= 4 is 132 Å². The lowest BCUT2D eigenvalue weighted by atomic mass is 10.0. The van der Waals surface area contributed by atoms with Crippen molar-refractivity contribution < 1.29 is 8.83 Å². The van der Waals surface area contributed by atoms with Crippen molar-refractivity contribution in [1.82, 2.24) is 14.5 Å². The third-order valence-electron chi connectivity index (χ3n) is 14.7. The summed E-state index contributed by atoms with van der Waals surface area (Å²) < 4.78 is 18.3. The molecule has 1 N–H and O–H groups in total. The Balaban J connectivity index is 1.04. The van der Waals surface area contributed by atoms with Crippen molar-refractivity contribution in [3.05, 3.63) is 223 Å². The Bertz CT molecular complexity index is 4780. The van der Waals surface area contributed by atoms with E-state index in [0.29, 0.717) is 11.8 Å². The predicted octanol–water partition coefficient (Wildman–Crippen LogP) is 16.1. The highest BCUT2D eigenvalue weighted by atomic mass is 16.3. The zero-order valence-electron chi connectivity index (χ0n) is 37.4. The van der Waals surface area contributed by atoms with Crippen LogP contribution in [0.5, 0.6) is 0 Å². The number of benzene rings is 11. The Morgan fingerprint density at radius 2 is 1.03 bits per heavy atom. The molecule has 16 rings (SSSR count). The average Bonchev–Trinajstić information content (AvgIpc) is 4.17. The van der Waals surface area contributed by atoms with E-state index < -0.39 is 6.17 Å². The number of hydrogen-bond donors (Lipinski definition) is 1. The number of fused-ring (bicyclic) bond motifs is 17. The third kappa shape index (κ3) is 5.23. The van der Waals surface area contributed by atoms with Crippen molar-refractivity contribution in [2.45, 2.75) is 6.17 Å². The molecule has 0 bridgehead atoms. The summed E-state index contributed by atoms with van der Waals surface area (Å²) in [6, 6.07) is 75.6. The second kappa shape index (κ2) is 14.0. The lowest BCUT2D eigenvalue weighted by Crippen LogP contribution is -2.38. The second-order valence-electron chi connectivity index (χ2n) is 18.5. The fourth-order valence-electron chi connectivity index (χ4n) is 11.6. The van der Waals surface area contributed by atoms with Crippen LogP contribution in [0.3, 0.4) is 0 Å². The first-order valence-electron chi connectivity index (χ1n) is 23.8. The Labute approximate surface area is 398 Å². The van der Waals surface area contributed by atoms with E-state index in [1.165, 1.54) is 32.3 Å². The maximum Gasteiger partial charge on any atom is 0.211 e. The summed E-state index contributed by atoms with van der Waals surface area (Å²) >= 11 is 0. The van der Waals surface area contributed by atoms with Crippen LogP contribution in [0.15, 0.2) is 231 Å². The minimum absolute atomic E-state index is 0.596. The molecule has 0 saturated carbocycles. The topological polar surface area (TPSA) is 72.9 Å². The second-order valence-corrected chi connectivity index (χ2v) is 18.5. The number of aromatic nitrogens is 2. The summed E-state index contributed by atoms with van der Waals surface area (Å²) in [7, 11) is 0. The smallest absolute Gasteiger partial charge is 0.211 e. The summed E-state index contributed by atoms with van der Waals surface area (Å²) in [6.45, 7) is 0. The molecule has 1 atom stereocenters. The largest absolute Gasteiger partial charge is 0.456 e. The molecule has 7 heteroatoms. The van der Waals surface area contributed by atoms with Crippen LogP contribution >= 0.6 is 0 Å². The van der Waals surface area contributed by atoms with E-state index in [-0.39, 0.29) is 0 Å². The van der Waals surface area contributed by atoms with Crippen LogP contribution in [0.4, 0.5) is 0 Å². The van der Waals surface area contributed by atoms with Crippen molar-refractivity contribution in [3.8, 4) is 5.69 Å². The average molecular weight is 896 g/mol. The molecule has 1 aliphatic heterocycles. The molecule has 1 unspecified atom stereocenters. The Morgan fingerprint density at radius 1 is 0.386 bits per heavy atom. The maximum atomic E-state index is 7.05. The van der Waals surface area contributed by atoms with E-state index in [0.717, 1.165) is 104 Å². The number of furan rings is 2. The normalized spacial score (nSPS) is 14.4. The first kappa shape index (κ1) is 37.6. The van der Waals surface area contributed by atoms with Gasteiger partial charge in [-0.05, 0) is 87.6 Å². The summed E-state index contributed by atoms with van der Waals surface area (Å²) in [5, 5.41) is 19.7. The van der Waals surface area contributed by atoms with Gasteiger partial charge in [0.2, 0.25) is 5.96 Å². The van der Waals surface area contributed by atoms with Crippen LogP contribution in [-0.4, -0.2) is 20.9 Å². The van der Waals surface area contributed by atoms with Gasteiger partial charge in [-0.15, -0.1) is 0 Å². The Kier molecular flexibility index (Phi) is 7.55. The van der Waals surface area contributed by atoms with Gasteiger partial charge in [0.25, 0.3) is 0 Å². The molecule has 0 fully saturated rings. The molecular formula is C63H37N5O2. The van der Waals surface area contributed by atoms with Gasteiger partial charge in [-0.3, -0.25) is 4.57 Å². The number of rotatable bonds is 3. The quantitative estimate of drug-likeness (QED) is 0.192. The van der Waals surface area contributed by atoms with E-state index in [1.807, 2.05) is 24.3 Å². The van der Waals surface area contributed by atoms with Crippen molar-refractivity contribution in [1.29, 1.82) is 0 Å². The van der Waals surface area contributed by atoms with Crippen LogP contribution < -0.4 is 5.32 Å². The number of aliphatic imine (C=N–C) groups is 2. The van der Waals surface area contributed by atoms with Gasteiger partial charge in [0.1, 0.15) is 22.3 Å². The molecule has 7 nitrogen and oxygen atoms in total. The molecule has 0 radical (unpaired) electrons. The van der Waals surface area contributed by atoms with Gasteiger partial charge in [-0.25, -0.2) is 4.99 Å². The van der Waals surface area contributed by atoms with Gasteiger partial charge in [0.15, 0.2) is 12.0 Å². The van der Waals surface area contributed by atoms with Gasteiger partial charge in [-0.1, -0.05) is 152 Å². The van der Waals surface area contributed by atoms with Crippen LogP contribution in [0, 0.1) is 0 Å². The lowest BCUT2D eigenvalue weighted by Gasteiger charge is -2.27. The first-order valence-corrected chi connectivity index (χ1v) is 23.8. The maximum absolute atomic E-state index is 7.05. The Hall–Kier alpha value is -9.46. The number of nitrogens with one attached hydrogen (secondary N) is 1. The molecule has 0 aliphatic carbocycles. The minimum atomic E-state index is -0.645. The highest BCUT2D eigenvalue weighted by molar-refractivity contribution is 6.25. The predicted molar refractivity (Wildman–Crippen MR) is 289 cm³/mol. The highest BCUT2D eigenvalue weighted by Gasteiger charge is 2.30. The number of nitrogens with zero attached hydrogens (tertiary/aromatic N) is 4. The molecule has 0 amide bonds. The molecule has 0 saturated heterocycles. The summed E-state index contributed by atoms with van der Waals surface area (Å²) in [4.78, 5) is 11.3. The van der Waals surface area contributed by atoms with Crippen LogP contribution in [0.1, 0.15) is 17.3 Å². The molecule has 11 aromatic carbocycles.